The molecule has 0 aromatic rings. The van der Waals surface area contributed by atoms with Crippen LogP contribution < -0.4 is 0 Å². The summed E-state index contributed by atoms with van der Waals surface area (Å²) in [5.41, 5.74) is 0. The summed E-state index contributed by atoms with van der Waals surface area (Å²) < 4.78 is 5.06. The van der Waals surface area contributed by atoms with Gasteiger partial charge in [0.15, 0.2) is 0 Å². The number of carboxylic acid groups (broad SMARTS) is 1. The lowest BCUT2D eigenvalue weighted by molar-refractivity contribution is -0.138. The predicted molar refractivity (Wildman–Crippen MR) is 57.9 cm³/mol. The van der Waals surface area contributed by atoms with Crippen molar-refractivity contribution < 1.29 is 14.6 Å². The van der Waals surface area contributed by atoms with Crippen LogP contribution in [0.25, 0.3) is 0 Å². The highest BCUT2D eigenvalue weighted by molar-refractivity contribution is 5.67. The van der Waals surface area contributed by atoms with E-state index in [9.17, 15) is 4.79 Å². The van der Waals surface area contributed by atoms with Crippen LogP contribution >= 0.6 is 0 Å². The second-order valence-electron chi connectivity index (χ2n) is 4.12. The molecule has 0 heterocycles. The van der Waals surface area contributed by atoms with Crippen molar-refractivity contribution in [2.24, 2.45) is 0 Å². The molecule has 1 N–H and O–H groups in total. The van der Waals surface area contributed by atoms with E-state index < -0.39 is 5.97 Å². The third-order valence-electron chi connectivity index (χ3n) is 2.92. The molecule has 0 aromatic carbocycles. The van der Waals surface area contributed by atoms with Crippen LogP contribution in [0.3, 0.4) is 0 Å². The molecule has 1 rings (SSSR count). The van der Waals surface area contributed by atoms with Crippen molar-refractivity contribution in [1.82, 2.24) is 4.90 Å². The fourth-order valence-corrected chi connectivity index (χ4v) is 1.96. The zero-order valence-electron chi connectivity index (χ0n) is 9.61. The van der Waals surface area contributed by atoms with E-state index in [1.54, 1.807) is 7.11 Å². The van der Waals surface area contributed by atoms with Gasteiger partial charge in [0.2, 0.25) is 0 Å². The summed E-state index contributed by atoms with van der Waals surface area (Å²) in [6, 6.07) is 0.773. The fraction of sp³-hybridized carbons (Fsp3) is 0.909. The summed E-state index contributed by atoms with van der Waals surface area (Å²) in [7, 11) is 1.68. The molecule has 1 aliphatic carbocycles. The molecule has 1 fully saturated rings. The quantitative estimate of drug-likeness (QED) is 0.664. The van der Waals surface area contributed by atoms with Crippen molar-refractivity contribution in [3.8, 4) is 0 Å². The summed E-state index contributed by atoms with van der Waals surface area (Å²) in [6.07, 6.45) is 3.56. The van der Waals surface area contributed by atoms with Crippen LogP contribution in [0.5, 0.6) is 0 Å². The lowest BCUT2D eigenvalue weighted by Crippen LogP contribution is -2.40. The van der Waals surface area contributed by atoms with E-state index in [1.165, 1.54) is 12.8 Å². The van der Waals surface area contributed by atoms with Crippen LogP contribution in [0.4, 0.5) is 0 Å². The Morgan fingerprint density at radius 1 is 1.60 bits per heavy atom. The Morgan fingerprint density at radius 3 is 2.67 bits per heavy atom. The van der Waals surface area contributed by atoms with Crippen molar-refractivity contribution in [2.45, 2.75) is 44.7 Å². The largest absolute Gasteiger partial charge is 0.481 e. The molecular weight excluding hydrogens is 194 g/mol. The molecule has 1 aliphatic rings. The van der Waals surface area contributed by atoms with Gasteiger partial charge in [0, 0.05) is 25.7 Å². The second-order valence-corrected chi connectivity index (χ2v) is 4.12. The Morgan fingerprint density at radius 2 is 2.27 bits per heavy atom. The monoisotopic (exact) mass is 215 g/mol. The number of aliphatic carboxylic acids is 1. The Hall–Kier alpha value is -0.610. The number of ether oxygens (including phenoxy) is 1. The Bertz CT molecular complexity index is 204. The highest BCUT2D eigenvalue weighted by atomic mass is 16.5. The van der Waals surface area contributed by atoms with Crippen molar-refractivity contribution in [3.05, 3.63) is 0 Å². The molecule has 0 bridgehead atoms. The molecule has 1 atom stereocenters. The van der Waals surface area contributed by atoms with Gasteiger partial charge in [-0.15, -0.1) is 0 Å². The smallest absolute Gasteiger partial charge is 0.304 e. The summed E-state index contributed by atoms with van der Waals surface area (Å²) in [5.74, 6) is -0.704. The van der Waals surface area contributed by atoms with E-state index in [4.69, 9.17) is 9.84 Å². The molecule has 15 heavy (non-hydrogen) atoms. The van der Waals surface area contributed by atoms with Gasteiger partial charge in [0.1, 0.15) is 0 Å². The molecule has 4 heteroatoms. The van der Waals surface area contributed by atoms with E-state index in [0.29, 0.717) is 12.6 Å². The average Bonchev–Trinajstić information content (AvgIpc) is 3.00. The number of carbonyl (C=O) groups is 1. The van der Waals surface area contributed by atoms with Gasteiger partial charge in [-0.05, 0) is 19.3 Å². The van der Waals surface area contributed by atoms with E-state index in [2.05, 4.69) is 11.8 Å². The first-order valence-electron chi connectivity index (χ1n) is 5.65. The third kappa shape index (κ3) is 4.18. The first-order chi connectivity index (χ1) is 7.19. The van der Waals surface area contributed by atoms with Crippen LogP contribution in [-0.4, -0.2) is 48.3 Å². The number of nitrogens with zero attached hydrogens (tertiary/aromatic N) is 1. The van der Waals surface area contributed by atoms with E-state index in [0.717, 1.165) is 13.0 Å². The summed E-state index contributed by atoms with van der Waals surface area (Å²) in [4.78, 5) is 13.0. The second kappa shape index (κ2) is 6.08. The van der Waals surface area contributed by atoms with Gasteiger partial charge in [0.25, 0.3) is 0 Å². The van der Waals surface area contributed by atoms with Gasteiger partial charge in [-0.25, -0.2) is 0 Å². The van der Waals surface area contributed by atoms with Crippen molar-refractivity contribution in [2.75, 3.05) is 20.3 Å². The molecule has 0 amide bonds. The maximum absolute atomic E-state index is 10.7. The van der Waals surface area contributed by atoms with Gasteiger partial charge < -0.3 is 9.84 Å². The predicted octanol–water partition coefficient (Wildman–Crippen LogP) is 1.35. The minimum absolute atomic E-state index is 0.171. The summed E-state index contributed by atoms with van der Waals surface area (Å²) in [6.45, 7) is 3.59. The van der Waals surface area contributed by atoms with Crippen LogP contribution in [0.1, 0.15) is 32.6 Å². The topological polar surface area (TPSA) is 49.8 Å². The maximum Gasteiger partial charge on any atom is 0.304 e. The van der Waals surface area contributed by atoms with E-state index in [-0.39, 0.29) is 12.5 Å². The van der Waals surface area contributed by atoms with Crippen LogP contribution in [0, 0.1) is 0 Å². The fourth-order valence-electron chi connectivity index (χ4n) is 1.96. The SMILES string of the molecule is CCC(CC(=O)O)N(CCOC)C1CC1. The highest BCUT2D eigenvalue weighted by Crippen LogP contribution is 2.30. The molecule has 1 unspecified atom stereocenters. The average molecular weight is 215 g/mol. The van der Waals surface area contributed by atoms with Gasteiger partial charge in [-0.3, -0.25) is 9.69 Å². The number of hydrogen-bond donors (Lipinski definition) is 1. The normalized spacial score (nSPS) is 18.1. The molecular formula is C11H21NO3. The maximum atomic E-state index is 10.7. The van der Waals surface area contributed by atoms with Gasteiger partial charge in [-0.1, -0.05) is 6.92 Å². The molecule has 88 valence electrons. The van der Waals surface area contributed by atoms with E-state index in [1.807, 2.05) is 0 Å². The van der Waals surface area contributed by atoms with Gasteiger partial charge in [-0.2, -0.15) is 0 Å². The molecule has 0 aliphatic heterocycles. The summed E-state index contributed by atoms with van der Waals surface area (Å²) >= 11 is 0. The highest BCUT2D eigenvalue weighted by Gasteiger charge is 2.33. The van der Waals surface area contributed by atoms with E-state index >= 15 is 0 Å². The van der Waals surface area contributed by atoms with Crippen LogP contribution in [0.2, 0.25) is 0 Å². The number of rotatable bonds is 8. The molecule has 0 saturated heterocycles. The molecule has 0 spiro atoms. The van der Waals surface area contributed by atoms with Crippen molar-refractivity contribution in [1.29, 1.82) is 0 Å². The number of methoxy groups -OCH3 is 1. The molecule has 4 nitrogen and oxygen atoms in total. The minimum Gasteiger partial charge on any atom is -0.481 e. The number of carboxylic acids is 1. The van der Waals surface area contributed by atoms with Crippen molar-refractivity contribution in [3.63, 3.8) is 0 Å². The van der Waals surface area contributed by atoms with Gasteiger partial charge in [0.05, 0.1) is 13.0 Å². The lowest BCUT2D eigenvalue weighted by atomic mass is 10.1. The lowest BCUT2D eigenvalue weighted by Gasteiger charge is -2.29. The number of hydrogen-bond acceptors (Lipinski definition) is 3. The first kappa shape index (κ1) is 12.5. The Labute approximate surface area is 91.2 Å². The van der Waals surface area contributed by atoms with Crippen molar-refractivity contribution >= 4 is 5.97 Å². The Balaban J connectivity index is 2.46. The third-order valence-corrected chi connectivity index (χ3v) is 2.92. The summed E-state index contributed by atoms with van der Waals surface area (Å²) in [5, 5.41) is 8.83. The zero-order valence-corrected chi connectivity index (χ0v) is 9.61. The zero-order chi connectivity index (χ0) is 11.3. The van der Waals surface area contributed by atoms with Crippen LogP contribution in [0.15, 0.2) is 0 Å². The minimum atomic E-state index is -0.704. The molecule has 0 radical (unpaired) electrons. The molecule has 1 saturated carbocycles. The van der Waals surface area contributed by atoms with Gasteiger partial charge >= 0.3 is 5.97 Å². The first-order valence-corrected chi connectivity index (χ1v) is 5.65. The standard InChI is InChI=1S/C11H21NO3/c1-3-9(8-11(13)14)12(6-7-15-2)10-4-5-10/h9-10H,3-8H2,1-2H3,(H,13,14). The Kier molecular flexibility index (Phi) is 5.05. The van der Waals surface area contributed by atoms with Crippen LogP contribution in [-0.2, 0) is 9.53 Å². The molecule has 0 aromatic heterocycles.